The molecule has 2 N–H and O–H groups in total. The minimum atomic E-state index is -0.983. The van der Waals surface area contributed by atoms with Crippen LogP contribution in [-0.4, -0.2) is 48.6 Å². The summed E-state index contributed by atoms with van der Waals surface area (Å²) in [7, 11) is 0. The molecule has 0 saturated heterocycles. The van der Waals surface area contributed by atoms with Gasteiger partial charge in [-0.1, -0.05) is 0 Å². The Morgan fingerprint density at radius 2 is 1.63 bits per heavy atom. The second-order valence-electron chi connectivity index (χ2n) is 3.25. The Hall–Kier alpha value is -2.19. The monoisotopic (exact) mass is 272 g/mol. The van der Waals surface area contributed by atoms with Crippen molar-refractivity contribution < 1.29 is 33.7 Å². The van der Waals surface area contributed by atoms with Gasteiger partial charge in [-0.2, -0.15) is 0 Å². The summed E-state index contributed by atoms with van der Waals surface area (Å²) in [5.41, 5.74) is -1.12. The maximum Gasteiger partial charge on any atom is 0.374 e. The van der Waals surface area contributed by atoms with Gasteiger partial charge < -0.3 is 24.1 Å². The molecule has 0 spiro atoms. The highest BCUT2D eigenvalue weighted by molar-refractivity contribution is 5.93. The van der Waals surface area contributed by atoms with Crippen LogP contribution >= 0.6 is 0 Å². The molecule has 19 heavy (non-hydrogen) atoms. The second kappa shape index (κ2) is 7.29. The van der Waals surface area contributed by atoms with E-state index in [1.165, 1.54) is 0 Å². The Balaban J connectivity index is 2.90. The lowest BCUT2D eigenvalue weighted by Crippen LogP contribution is -2.16. The Morgan fingerprint density at radius 3 is 2.21 bits per heavy atom. The first-order chi connectivity index (χ1) is 9.08. The van der Waals surface area contributed by atoms with Crippen molar-refractivity contribution in [2.75, 3.05) is 26.4 Å². The summed E-state index contributed by atoms with van der Waals surface area (Å²) in [5.74, 6) is -2.34. The van der Waals surface area contributed by atoms with Gasteiger partial charge in [-0.15, -0.1) is 0 Å². The van der Waals surface area contributed by atoms with Crippen molar-refractivity contribution in [1.29, 1.82) is 0 Å². The van der Waals surface area contributed by atoms with Crippen LogP contribution in [0.15, 0.2) is 21.3 Å². The van der Waals surface area contributed by atoms with Crippen molar-refractivity contribution in [3.63, 3.8) is 0 Å². The zero-order valence-corrected chi connectivity index (χ0v) is 9.83. The van der Waals surface area contributed by atoms with E-state index in [0.29, 0.717) is 0 Å². The Morgan fingerprint density at radius 1 is 1.05 bits per heavy atom. The van der Waals surface area contributed by atoms with E-state index in [4.69, 9.17) is 10.2 Å². The maximum absolute atomic E-state index is 11.4. The molecule has 104 valence electrons. The average Bonchev–Trinajstić information content (AvgIpc) is 2.41. The van der Waals surface area contributed by atoms with E-state index in [0.717, 1.165) is 12.1 Å². The van der Waals surface area contributed by atoms with E-state index in [-0.39, 0.29) is 32.0 Å². The number of esters is 2. The van der Waals surface area contributed by atoms with Gasteiger partial charge in [-0.05, 0) is 0 Å². The summed E-state index contributed by atoms with van der Waals surface area (Å²) in [6.45, 7) is -1.24. The van der Waals surface area contributed by atoms with Crippen LogP contribution in [0, 0.1) is 0 Å². The second-order valence-corrected chi connectivity index (χ2v) is 3.25. The zero-order chi connectivity index (χ0) is 14.3. The van der Waals surface area contributed by atoms with Crippen molar-refractivity contribution in [3.8, 4) is 0 Å². The van der Waals surface area contributed by atoms with Gasteiger partial charge in [0.1, 0.15) is 13.2 Å². The smallest absolute Gasteiger partial charge is 0.374 e. The number of carbonyl (C=O) groups excluding carboxylic acids is 2. The van der Waals surface area contributed by atoms with Crippen molar-refractivity contribution in [3.05, 3.63) is 33.9 Å². The predicted molar refractivity (Wildman–Crippen MR) is 59.7 cm³/mol. The van der Waals surface area contributed by atoms with Crippen molar-refractivity contribution >= 4 is 11.9 Å². The minimum absolute atomic E-state index is 0.194. The third-order valence-electron chi connectivity index (χ3n) is 1.86. The lowest BCUT2D eigenvalue weighted by molar-refractivity contribution is 0.0391. The normalized spacial score (nSPS) is 10.0. The number of carbonyl (C=O) groups is 2. The quantitative estimate of drug-likeness (QED) is 0.628. The van der Waals surface area contributed by atoms with Gasteiger partial charge >= 0.3 is 17.6 Å². The maximum atomic E-state index is 11.4. The third kappa shape index (κ3) is 4.53. The molecule has 0 radical (unpaired) electrons. The number of ether oxygens (including phenoxy) is 2. The molecular formula is C11H12O8. The molecule has 8 nitrogen and oxygen atoms in total. The lowest BCUT2D eigenvalue weighted by atomic mass is 10.2. The Labute approximate surface area is 107 Å². The number of aliphatic hydroxyl groups is 2. The molecule has 0 aliphatic carbocycles. The van der Waals surface area contributed by atoms with Gasteiger partial charge in [0, 0.05) is 12.1 Å². The molecule has 0 aliphatic heterocycles. The first kappa shape index (κ1) is 14.9. The highest BCUT2D eigenvalue weighted by atomic mass is 16.6. The van der Waals surface area contributed by atoms with Crippen LogP contribution in [-0.2, 0) is 9.47 Å². The van der Waals surface area contributed by atoms with Gasteiger partial charge in [0.15, 0.2) is 0 Å². The molecule has 1 aromatic rings. The fourth-order valence-electron chi connectivity index (χ4n) is 1.13. The fourth-order valence-corrected chi connectivity index (χ4v) is 1.13. The van der Waals surface area contributed by atoms with Crippen LogP contribution < -0.4 is 5.63 Å². The molecule has 0 amide bonds. The topological polar surface area (TPSA) is 123 Å². The molecular weight excluding hydrogens is 260 g/mol. The minimum Gasteiger partial charge on any atom is -0.460 e. The van der Waals surface area contributed by atoms with E-state index in [2.05, 4.69) is 13.9 Å². The van der Waals surface area contributed by atoms with E-state index >= 15 is 0 Å². The Kier molecular flexibility index (Phi) is 5.71. The van der Waals surface area contributed by atoms with Crippen LogP contribution in [0.2, 0.25) is 0 Å². The SMILES string of the molecule is O=C(OCCO)c1cc(C(=O)OCCO)oc(=O)c1. The molecule has 0 unspecified atom stereocenters. The average molecular weight is 272 g/mol. The molecule has 0 aliphatic rings. The van der Waals surface area contributed by atoms with Gasteiger partial charge in [-0.25, -0.2) is 14.4 Å². The molecule has 0 atom stereocenters. The summed E-state index contributed by atoms with van der Waals surface area (Å²) >= 11 is 0. The number of rotatable bonds is 6. The van der Waals surface area contributed by atoms with Crippen LogP contribution in [0.1, 0.15) is 20.9 Å². The Bertz CT molecular complexity index is 462. The summed E-state index contributed by atoms with van der Waals surface area (Å²) in [5, 5.41) is 17.0. The largest absolute Gasteiger partial charge is 0.460 e. The van der Waals surface area contributed by atoms with Gasteiger partial charge in [0.05, 0.1) is 18.8 Å². The molecule has 8 heteroatoms. The molecule has 0 aromatic carbocycles. The van der Waals surface area contributed by atoms with Crippen LogP contribution in [0.5, 0.6) is 0 Å². The summed E-state index contributed by atoms with van der Waals surface area (Å²) in [6.07, 6.45) is 0. The highest BCUT2D eigenvalue weighted by Crippen LogP contribution is 2.05. The first-order valence-corrected chi connectivity index (χ1v) is 5.29. The number of aliphatic hydroxyl groups excluding tert-OH is 2. The fraction of sp³-hybridized carbons (Fsp3) is 0.364. The van der Waals surface area contributed by atoms with Gasteiger partial charge in [0.25, 0.3) is 0 Å². The number of hydrogen-bond acceptors (Lipinski definition) is 8. The van der Waals surface area contributed by atoms with Crippen molar-refractivity contribution in [1.82, 2.24) is 0 Å². The van der Waals surface area contributed by atoms with Crippen LogP contribution in [0.3, 0.4) is 0 Å². The number of hydrogen-bond donors (Lipinski definition) is 2. The molecule has 1 heterocycles. The molecule has 1 rings (SSSR count). The van der Waals surface area contributed by atoms with E-state index < -0.39 is 23.3 Å². The van der Waals surface area contributed by atoms with E-state index in [1.54, 1.807) is 0 Å². The van der Waals surface area contributed by atoms with Gasteiger partial charge in [0.2, 0.25) is 5.76 Å². The van der Waals surface area contributed by atoms with Crippen molar-refractivity contribution in [2.45, 2.75) is 0 Å². The summed E-state index contributed by atoms with van der Waals surface area (Å²) < 4.78 is 13.7. The summed E-state index contributed by atoms with van der Waals surface area (Å²) in [4.78, 5) is 34.0. The molecule has 1 aromatic heterocycles. The molecule has 0 saturated carbocycles. The van der Waals surface area contributed by atoms with Crippen LogP contribution in [0.4, 0.5) is 0 Å². The van der Waals surface area contributed by atoms with Gasteiger partial charge in [-0.3, -0.25) is 0 Å². The predicted octanol–water partition coefficient (Wildman–Crippen LogP) is -1.06. The summed E-state index contributed by atoms with van der Waals surface area (Å²) in [6, 6.07) is 1.84. The van der Waals surface area contributed by atoms with Crippen molar-refractivity contribution in [2.24, 2.45) is 0 Å². The standard InChI is InChI=1S/C11H12O8/c12-1-3-17-10(15)7-5-8(19-9(14)6-7)11(16)18-4-2-13/h5-6,12-13H,1-4H2. The molecule has 0 bridgehead atoms. The third-order valence-corrected chi connectivity index (χ3v) is 1.86. The zero-order valence-electron chi connectivity index (χ0n) is 9.83. The highest BCUT2D eigenvalue weighted by Gasteiger charge is 2.16. The van der Waals surface area contributed by atoms with E-state index in [1.807, 2.05) is 0 Å². The first-order valence-electron chi connectivity index (χ1n) is 5.29. The van der Waals surface area contributed by atoms with E-state index in [9.17, 15) is 14.4 Å². The molecule has 0 fully saturated rings. The van der Waals surface area contributed by atoms with Crippen LogP contribution in [0.25, 0.3) is 0 Å². The lowest BCUT2D eigenvalue weighted by Gasteiger charge is -2.04.